The molecule has 0 fully saturated rings. The molecule has 0 bridgehead atoms. The zero-order valence-electron chi connectivity index (χ0n) is 8.12. The van der Waals surface area contributed by atoms with Gasteiger partial charge in [-0.3, -0.25) is 0 Å². The molecule has 1 aromatic rings. The Hall–Kier alpha value is -0.860. The maximum atomic E-state index is 4.12. The fraction of sp³-hybridized carbons (Fsp3) is 0.778. The molecular weight excluding hydrogens is 150 g/mol. The summed E-state index contributed by atoms with van der Waals surface area (Å²) in [6.07, 6.45) is 4.09. The van der Waals surface area contributed by atoms with Crippen LogP contribution in [0.3, 0.4) is 0 Å². The lowest BCUT2D eigenvalue weighted by Crippen LogP contribution is -2.05. The van der Waals surface area contributed by atoms with E-state index in [4.69, 9.17) is 0 Å². The van der Waals surface area contributed by atoms with Crippen LogP contribution in [0.15, 0.2) is 6.33 Å². The van der Waals surface area contributed by atoms with Crippen molar-refractivity contribution >= 4 is 0 Å². The number of nitrogens with zero attached hydrogens (tertiary/aromatic N) is 3. The van der Waals surface area contributed by atoms with Gasteiger partial charge in [-0.2, -0.15) is 0 Å². The Morgan fingerprint density at radius 1 is 1.50 bits per heavy atom. The van der Waals surface area contributed by atoms with Crippen LogP contribution in [0, 0.1) is 0 Å². The summed E-state index contributed by atoms with van der Waals surface area (Å²) in [6, 6.07) is 0. The van der Waals surface area contributed by atoms with Crippen molar-refractivity contribution < 1.29 is 0 Å². The number of hydrogen-bond donors (Lipinski definition) is 0. The number of aryl methyl sites for hydroxylation is 1. The van der Waals surface area contributed by atoms with Gasteiger partial charge in [0.2, 0.25) is 0 Å². The molecule has 3 heteroatoms. The van der Waals surface area contributed by atoms with Gasteiger partial charge < -0.3 is 4.57 Å². The van der Waals surface area contributed by atoms with Gasteiger partial charge in [-0.25, -0.2) is 0 Å². The Morgan fingerprint density at radius 2 is 2.25 bits per heavy atom. The van der Waals surface area contributed by atoms with E-state index in [1.165, 1.54) is 0 Å². The van der Waals surface area contributed by atoms with E-state index in [2.05, 4.69) is 35.5 Å². The number of rotatable bonds is 4. The number of aromatic nitrogens is 3. The molecule has 0 saturated carbocycles. The summed E-state index contributed by atoms with van der Waals surface area (Å²) in [7, 11) is 0. The molecule has 1 atom stereocenters. The highest BCUT2D eigenvalue weighted by Gasteiger charge is 2.09. The van der Waals surface area contributed by atoms with Crippen molar-refractivity contribution in [3.8, 4) is 0 Å². The molecule has 0 aliphatic rings. The van der Waals surface area contributed by atoms with Crippen LogP contribution in [0.2, 0.25) is 0 Å². The predicted molar refractivity (Wildman–Crippen MR) is 49.0 cm³/mol. The van der Waals surface area contributed by atoms with Gasteiger partial charge in [-0.05, 0) is 12.8 Å². The molecule has 1 rings (SSSR count). The minimum atomic E-state index is 0.527. The maximum absolute atomic E-state index is 4.12. The van der Waals surface area contributed by atoms with Gasteiger partial charge in [0.25, 0.3) is 0 Å². The molecule has 0 aromatic carbocycles. The van der Waals surface area contributed by atoms with E-state index in [1.807, 2.05) is 6.33 Å². The highest BCUT2D eigenvalue weighted by Crippen LogP contribution is 2.15. The monoisotopic (exact) mass is 167 g/mol. The molecule has 1 heterocycles. The van der Waals surface area contributed by atoms with E-state index >= 15 is 0 Å². The second-order valence-corrected chi connectivity index (χ2v) is 3.19. The highest BCUT2D eigenvalue weighted by molar-refractivity contribution is 4.93. The van der Waals surface area contributed by atoms with Gasteiger partial charge in [-0.15, -0.1) is 10.2 Å². The summed E-state index contributed by atoms with van der Waals surface area (Å²) in [4.78, 5) is 0. The third kappa shape index (κ3) is 1.84. The summed E-state index contributed by atoms with van der Waals surface area (Å²) >= 11 is 0. The standard InChI is InChI=1S/C9H17N3/c1-4-6-12-7-10-11-9(12)8(3)5-2/h7-8H,4-6H2,1-3H3. The van der Waals surface area contributed by atoms with E-state index in [0.717, 1.165) is 25.2 Å². The molecule has 0 radical (unpaired) electrons. The lowest BCUT2D eigenvalue weighted by molar-refractivity contribution is 0.580. The van der Waals surface area contributed by atoms with Crippen molar-refractivity contribution in [3.05, 3.63) is 12.2 Å². The molecule has 1 unspecified atom stereocenters. The van der Waals surface area contributed by atoms with Gasteiger partial charge in [0.1, 0.15) is 12.2 Å². The van der Waals surface area contributed by atoms with Crippen molar-refractivity contribution in [1.82, 2.24) is 14.8 Å². The minimum absolute atomic E-state index is 0.527. The molecule has 68 valence electrons. The molecular formula is C9H17N3. The molecule has 1 aromatic heterocycles. The van der Waals surface area contributed by atoms with Gasteiger partial charge in [0, 0.05) is 12.5 Å². The molecule has 0 aliphatic heterocycles. The lowest BCUT2D eigenvalue weighted by Gasteiger charge is -2.09. The second-order valence-electron chi connectivity index (χ2n) is 3.19. The fourth-order valence-corrected chi connectivity index (χ4v) is 1.24. The smallest absolute Gasteiger partial charge is 0.135 e. The maximum Gasteiger partial charge on any atom is 0.135 e. The van der Waals surface area contributed by atoms with Gasteiger partial charge in [-0.1, -0.05) is 20.8 Å². The second kappa shape index (κ2) is 4.24. The van der Waals surface area contributed by atoms with Crippen LogP contribution in [0.5, 0.6) is 0 Å². The summed E-state index contributed by atoms with van der Waals surface area (Å²) in [5.74, 6) is 1.65. The van der Waals surface area contributed by atoms with E-state index in [1.54, 1.807) is 0 Å². The first-order valence-corrected chi connectivity index (χ1v) is 4.67. The van der Waals surface area contributed by atoms with Crippen LogP contribution >= 0.6 is 0 Å². The molecule has 0 N–H and O–H groups in total. The zero-order valence-corrected chi connectivity index (χ0v) is 8.12. The topological polar surface area (TPSA) is 30.7 Å². The van der Waals surface area contributed by atoms with E-state index in [9.17, 15) is 0 Å². The first-order chi connectivity index (χ1) is 5.79. The van der Waals surface area contributed by atoms with Gasteiger partial charge in [0.15, 0.2) is 0 Å². The molecule has 12 heavy (non-hydrogen) atoms. The van der Waals surface area contributed by atoms with Crippen molar-refractivity contribution in [1.29, 1.82) is 0 Å². The Morgan fingerprint density at radius 3 is 2.83 bits per heavy atom. The summed E-state index contributed by atoms with van der Waals surface area (Å²) in [5.41, 5.74) is 0. The predicted octanol–water partition coefficient (Wildman–Crippen LogP) is 2.20. The van der Waals surface area contributed by atoms with E-state index < -0.39 is 0 Å². The Labute approximate surface area is 73.8 Å². The van der Waals surface area contributed by atoms with Crippen LogP contribution in [-0.4, -0.2) is 14.8 Å². The quantitative estimate of drug-likeness (QED) is 0.688. The third-order valence-corrected chi connectivity index (χ3v) is 2.16. The SMILES string of the molecule is CCCn1cnnc1C(C)CC. The average molecular weight is 167 g/mol. The first kappa shape index (κ1) is 9.23. The summed E-state index contributed by atoms with van der Waals surface area (Å²) in [6.45, 7) is 7.57. The van der Waals surface area contributed by atoms with Crippen molar-refractivity contribution in [3.63, 3.8) is 0 Å². The first-order valence-electron chi connectivity index (χ1n) is 4.67. The Kier molecular flexibility index (Phi) is 3.26. The van der Waals surface area contributed by atoms with Crippen LogP contribution < -0.4 is 0 Å². The fourth-order valence-electron chi connectivity index (χ4n) is 1.24. The third-order valence-electron chi connectivity index (χ3n) is 2.16. The Balaban J connectivity index is 2.76. The van der Waals surface area contributed by atoms with Crippen LogP contribution in [-0.2, 0) is 6.54 Å². The molecule has 0 saturated heterocycles. The minimum Gasteiger partial charge on any atom is -0.317 e. The van der Waals surface area contributed by atoms with Crippen LogP contribution in [0.25, 0.3) is 0 Å². The normalized spacial score (nSPS) is 13.2. The molecule has 3 nitrogen and oxygen atoms in total. The largest absolute Gasteiger partial charge is 0.317 e. The molecule has 0 amide bonds. The summed E-state index contributed by atoms with van der Waals surface area (Å²) in [5, 5.41) is 8.04. The van der Waals surface area contributed by atoms with Crippen LogP contribution in [0.4, 0.5) is 0 Å². The molecule has 0 aliphatic carbocycles. The average Bonchev–Trinajstić information content (AvgIpc) is 2.52. The van der Waals surface area contributed by atoms with E-state index in [0.29, 0.717) is 5.92 Å². The van der Waals surface area contributed by atoms with Crippen LogP contribution in [0.1, 0.15) is 45.4 Å². The van der Waals surface area contributed by atoms with Crippen molar-refractivity contribution in [2.45, 2.75) is 46.1 Å². The molecule has 0 spiro atoms. The van der Waals surface area contributed by atoms with E-state index in [-0.39, 0.29) is 0 Å². The van der Waals surface area contributed by atoms with Gasteiger partial charge >= 0.3 is 0 Å². The lowest BCUT2D eigenvalue weighted by atomic mass is 10.1. The number of hydrogen-bond acceptors (Lipinski definition) is 2. The van der Waals surface area contributed by atoms with Crippen molar-refractivity contribution in [2.75, 3.05) is 0 Å². The zero-order chi connectivity index (χ0) is 8.97. The summed E-state index contributed by atoms with van der Waals surface area (Å²) < 4.78 is 2.15. The van der Waals surface area contributed by atoms with Crippen molar-refractivity contribution in [2.24, 2.45) is 0 Å². The highest BCUT2D eigenvalue weighted by atomic mass is 15.3. The van der Waals surface area contributed by atoms with Gasteiger partial charge in [0.05, 0.1) is 0 Å². The Bertz CT molecular complexity index is 229.